The molecular weight excluding hydrogens is 620 g/mol. The van der Waals surface area contributed by atoms with Gasteiger partial charge in [-0.2, -0.15) is 0 Å². The second-order valence-electron chi connectivity index (χ2n) is 13.9. The molecule has 0 aromatic heterocycles. The van der Waals surface area contributed by atoms with E-state index in [2.05, 4.69) is 27.0 Å². The third-order valence-corrected chi connectivity index (χ3v) is 10.2. The van der Waals surface area contributed by atoms with E-state index in [0.717, 1.165) is 49.0 Å². The number of ketones is 11. The molecule has 4 atom stereocenters. The Morgan fingerprint density at radius 3 is 1.10 bits per heavy atom. The minimum Gasteiger partial charge on any atom is -0.294 e. The molecule has 0 aromatic rings. The molecule has 0 bridgehead atoms. The van der Waals surface area contributed by atoms with Gasteiger partial charge >= 0.3 is 0 Å². The number of carbonyl (C=O) groups is 11. The Morgan fingerprint density at radius 1 is 0.542 bits per heavy atom. The first-order valence-corrected chi connectivity index (χ1v) is 15.7. The summed E-state index contributed by atoms with van der Waals surface area (Å²) in [6, 6.07) is 0. The summed E-state index contributed by atoms with van der Waals surface area (Å²) in [7, 11) is 0. The summed E-state index contributed by atoms with van der Waals surface area (Å²) >= 11 is 0. The third kappa shape index (κ3) is 8.81. The van der Waals surface area contributed by atoms with Crippen LogP contribution in [0.5, 0.6) is 0 Å². The second kappa shape index (κ2) is 15.5. The Kier molecular flexibility index (Phi) is 12.7. The van der Waals surface area contributed by atoms with Crippen molar-refractivity contribution in [1.29, 1.82) is 0 Å². The molecule has 0 aliphatic heterocycles. The van der Waals surface area contributed by atoms with Gasteiger partial charge in [-0.25, -0.2) is 0 Å². The lowest BCUT2D eigenvalue weighted by Gasteiger charge is -2.44. The van der Waals surface area contributed by atoms with Gasteiger partial charge in [0.1, 0.15) is 0 Å². The third-order valence-electron chi connectivity index (χ3n) is 10.2. The molecule has 2 aliphatic carbocycles. The molecule has 2 aliphatic rings. The van der Waals surface area contributed by atoms with Gasteiger partial charge in [-0.1, -0.05) is 78.0 Å². The summed E-state index contributed by atoms with van der Waals surface area (Å²) in [4.78, 5) is 135. The van der Waals surface area contributed by atoms with Crippen LogP contribution in [0.3, 0.4) is 0 Å². The highest BCUT2D eigenvalue weighted by Crippen LogP contribution is 2.48. The van der Waals surface area contributed by atoms with E-state index in [0.29, 0.717) is 11.8 Å². The fraction of sp³-hybridized carbons (Fsp3) is 0.486. The van der Waals surface area contributed by atoms with Crippen molar-refractivity contribution in [3.63, 3.8) is 0 Å². The van der Waals surface area contributed by atoms with Crippen molar-refractivity contribution in [3.05, 3.63) is 48.6 Å². The van der Waals surface area contributed by atoms with Gasteiger partial charge in [-0.05, 0) is 60.5 Å². The van der Waals surface area contributed by atoms with E-state index in [1.807, 2.05) is 27.7 Å². The van der Waals surface area contributed by atoms with Gasteiger partial charge in [-0.15, -0.1) is 0 Å². The van der Waals surface area contributed by atoms with E-state index >= 15 is 0 Å². The first-order valence-electron chi connectivity index (χ1n) is 15.7. The average molecular weight is 663 g/mol. The fourth-order valence-electron chi connectivity index (χ4n) is 6.06. The van der Waals surface area contributed by atoms with E-state index in [9.17, 15) is 52.7 Å². The van der Waals surface area contributed by atoms with Crippen LogP contribution in [0.2, 0.25) is 0 Å². The quantitative estimate of drug-likeness (QED) is 0.102. The standard InChI is InChI=1S/C37H42O11/c1-19-9-11-21(3)36(5,6)25(19)15-13-23(38)17-27(40)29(42)31(44)33(46)35(48)34(47)32(45)30(43)28(41)18-24(39)14-16-26-20(2)10-12-22(4)37(26,7)8/h13-16,21-22,25-26H,1-2,9-12,17-18H2,3-8H3/b15-13+,16-14+/t21-,22-,25-,26+/m1/s1. The summed E-state index contributed by atoms with van der Waals surface area (Å²) in [5, 5.41) is 0. The van der Waals surface area contributed by atoms with E-state index in [4.69, 9.17) is 0 Å². The molecule has 0 aromatic carbocycles. The Morgan fingerprint density at radius 2 is 0.812 bits per heavy atom. The highest BCUT2D eigenvalue weighted by atomic mass is 16.2. The van der Waals surface area contributed by atoms with Crippen molar-refractivity contribution < 1.29 is 52.7 Å². The lowest BCUT2D eigenvalue weighted by atomic mass is 9.61. The Balaban J connectivity index is 1.98. The monoisotopic (exact) mass is 662 g/mol. The predicted octanol–water partition coefficient (Wildman–Crippen LogP) is 3.40. The van der Waals surface area contributed by atoms with Crippen molar-refractivity contribution in [2.45, 2.75) is 80.1 Å². The molecule has 11 nitrogen and oxygen atoms in total. The molecule has 0 heterocycles. The largest absolute Gasteiger partial charge is 0.294 e. The number of hydrogen-bond donors (Lipinski definition) is 0. The summed E-state index contributed by atoms with van der Waals surface area (Å²) in [6.07, 6.45) is 6.30. The number of allylic oxidation sites excluding steroid dienone is 6. The van der Waals surface area contributed by atoms with Crippen LogP contribution >= 0.6 is 0 Å². The first-order chi connectivity index (χ1) is 22.0. The van der Waals surface area contributed by atoms with Gasteiger partial charge in [0, 0.05) is 11.8 Å². The van der Waals surface area contributed by atoms with Crippen LogP contribution < -0.4 is 0 Å². The van der Waals surface area contributed by atoms with Crippen LogP contribution in [0.15, 0.2) is 48.6 Å². The fourth-order valence-corrected chi connectivity index (χ4v) is 6.06. The lowest BCUT2D eigenvalue weighted by Crippen LogP contribution is -2.43. The molecule has 0 unspecified atom stereocenters. The SMILES string of the molecule is C=C1CC[C@@H](C)C(C)(C)[C@@H]1/C=C/C(=O)CC(=O)C(=O)C(=O)C(=O)C(=O)C(=O)C(=O)C(=O)C(=O)CC(=O)/C=C/[C@H]1C(=C)CC[C@@H](C)C1(C)C. The molecule has 2 saturated carbocycles. The maximum Gasteiger partial charge on any atom is 0.281 e. The highest BCUT2D eigenvalue weighted by Gasteiger charge is 2.43. The van der Waals surface area contributed by atoms with Crippen LogP contribution in [0.1, 0.15) is 80.1 Å². The summed E-state index contributed by atoms with van der Waals surface area (Å²) < 4.78 is 0. The summed E-state index contributed by atoms with van der Waals surface area (Å²) in [6.45, 7) is 20.2. The van der Waals surface area contributed by atoms with Crippen LogP contribution in [-0.4, -0.2) is 63.6 Å². The van der Waals surface area contributed by atoms with Crippen molar-refractivity contribution >= 4 is 63.6 Å². The molecule has 2 rings (SSSR count). The van der Waals surface area contributed by atoms with E-state index in [1.54, 1.807) is 12.2 Å². The van der Waals surface area contributed by atoms with Crippen molar-refractivity contribution in [2.75, 3.05) is 0 Å². The highest BCUT2D eigenvalue weighted by molar-refractivity contribution is 7.00. The zero-order valence-corrected chi connectivity index (χ0v) is 28.3. The van der Waals surface area contributed by atoms with Crippen LogP contribution in [0.4, 0.5) is 0 Å². The van der Waals surface area contributed by atoms with Gasteiger partial charge in [0.15, 0.2) is 11.6 Å². The Bertz CT molecular complexity index is 1480. The van der Waals surface area contributed by atoms with Gasteiger partial charge in [-0.3, -0.25) is 52.7 Å². The molecular formula is C37H42O11. The zero-order chi connectivity index (χ0) is 36.9. The molecule has 256 valence electrons. The van der Waals surface area contributed by atoms with E-state index in [1.165, 1.54) is 0 Å². The molecule has 48 heavy (non-hydrogen) atoms. The van der Waals surface area contributed by atoms with Gasteiger partial charge in [0.2, 0.25) is 11.6 Å². The molecule has 0 spiro atoms. The predicted molar refractivity (Wildman–Crippen MR) is 172 cm³/mol. The molecule has 0 radical (unpaired) electrons. The van der Waals surface area contributed by atoms with Crippen LogP contribution in [-0.2, 0) is 52.7 Å². The number of rotatable bonds is 16. The average Bonchev–Trinajstić information content (AvgIpc) is 3.01. The second-order valence-corrected chi connectivity index (χ2v) is 13.9. The number of Topliss-reactive ketones (excluding diaryl/α,β-unsaturated/α-hetero) is 9. The van der Waals surface area contributed by atoms with Crippen LogP contribution in [0.25, 0.3) is 0 Å². The van der Waals surface area contributed by atoms with E-state index in [-0.39, 0.29) is 22.7 Å². The topological polar surface area (TPSA) is 188 Å². The van der Waals surface area contributed by atoms with E-state index < -0.39 is 76.5 Å². The molecule has 0 saturated heterocycles. The van der Waals surface area contributed by atoms with Crippen molar-refractivity contribution in [3.8, 4) is 0 Å². The minimum absolute atomic E-state index is 0.206. The Labute approximate surface area is 279 Å². The summed E-state index contributed by atoms with van der Waals surface area (Å²) in [5.41, 5.74) is 1.26. The molecule has 0 amide bonds. The lowest BCUT2D eigenvalue weighted by molar-refractivity contribution is -0.155. The van der Waals surface area contributed by atoms with Crippen molar-refractivity contribution in [1.82, 2.24) is 0 Å². The maximum absolute atomic E-state index is 12.4. The minimum atomic E-state index is -2.43. The van der Waals surface area contributed by atoms with Gasteiger partial charge in [0.25, 0.3) is 40.5 Å². The van der Waals surface area contributed by atoms with Crippen LogP contribution in [0, 0.1) is 34.5 Å². The van der Waals surface area contributed by atoms with Gasteiger partial charge in [0.05, 0.1) is 12.8 Å². The number of hydrogen-bond acceptors (Lipinski definition) is 11. The molecule has 2 fully saturated rings. The molecule has 11 heteroatoms. The van der Waals surface area contributed by atoms with Crippen molar-refractivity contribution in [2.24, 2.45) is 34.5 Å². The maximum atomic E-state index is 12.4. The molecule has 0 N–H and O–H groups in total. The zero-order valence-electron chi connectivity index (χ0n) is 28.3. The smallest absolute Gasteiger partial charge is 0.281 e. The van der Waals surface area contributed by atoms with Gasteiger partial charge < -0.3 is 0 Å². The summed E-state index contributed by atoms with van der Waals surface area (Å²) in [5.74, 6) is -20.8. The Hall–Kier alpha value is -4.67. The normalized spacial score (nSPS) is 23.4. The first kappa shape index (κ1) is 39.5. The number of carbonyl (C=O) groups excluding carboxylic acids is 11.